The molecule has 0 spiro atoms. The van der Waals surface area contributed by atoms with Crippen molar-refractivity contribution in [2.75, 3.05) is 10.6 Å². The summed E-state index contributed by atoms with van der Waals surface area (Å²) in [6.07, 6.45) is 1.46. The summed E-state index contributed by atoms with van der Waals surface area (Å²) >= 11 is 5.98. The predicted octanol–water partition coefficient (Wildman–Crippen LogP) is 6.09. The van der Waals surface area contributed by atoms with E-state index in [1.807, 2.05) is 20.8 Å². The highest BCUT2D eigenvalue weighted by Crippen LogP contribution is 2.36. The molecule has 11 heteroatoms. The van der Waals surface area contributed by atoms with Crippen molar-refractivity contribution < 1.29 is 18.3 Å². The number of nitrogen functional groups attached to an aromatic ring is 1. The van der Waals surface area contributed by atoms with E-state index in [1.165, 1.54) is 47.3 Å². The van der Waals surface area contributed by atoms with Crippen molar-refractivity contribution in [3.8, 4) is 17.2 Å². The minimum Gasteiger partial charge on any atom is -0.457 e. The Labute approximate surface area is 211 Å². The van der Waals surface area contributed by atoms with E-state index < -0.39 is 23.1 Å². The fourth-order valence-electron chi connectivity index (χ4n) is 3.42. The van der Waals surface area contributed by atoms with Crippen LogP contribution >= 0.6 is 11.6 Å². The van der Waals surface area contributed by atoms with Gasteiger partial charge >= 0.3 is 6.03 Å². The van der Waals surface area contributed by atoms with Crippen molar-refractivity contribution in [1.29, 1.82) is 0 Å². The Morgan fingerprint density at radius 2 is 1.75 bits per heavy atom. The topological polar surface area (TPSA) is 112 Å². The van der Waals surface area contributed by atoms with Crippen LogP contribution in [0.2, 0.25) is 5.02 Å². The maximum atomic E-state index is 15.4. The molecule has 0 aliphatic heterocycles. The Kier molecular flexibility index (Phi) is 6.55. The molecule has 2 aromatic carbocycles. The fraction of sp³-hybridized carbons (Fsp3) is 0.160. The first-order valence-corrected chi connectivity index (χ1v) is 11.2. The Balaban J connectivity index is 1.81. The van der Waals surface area contributed by atoms with E-state index in [1.54, 1.807) is 12.1 Å². The predicted molar refractivity (Wildman–Crippen MR) is 134 cm³/mol. The Morgan fingerprint density at radius 1 is 1.03 bits per heavy atom. The molecule has 0 radical (unpaired) electrons. The van der Waals surface area contributed by atoms with Crippen LogP contribution in [0.4, 0.5) is 30.9 Å². The average molecular weight is 513 g/mol. The second-order valence-corrected chi connectivity index (χ2v) is 9.36. The number of carbonyl (C=O) groups excluding carboxylic acids is 1. The van der Waals surface area contributed by atoms with E-state index in [9.17, 15) is 9.18 Å². The van der Waals surface area contributed by atoms with Crippen LogP contribution in [0.25, 0.3) is 5.69 Å². The second-order valence-electron chi connectivity index (χ2n) is 8.95. The summed E-state index contributed by atoms with van der Waals surface area (Å²) in [6.45, 7) is 5.77. The zero-order chi connectivity index (χ0) is 26.2. The number of hydrogen-bond acceptors (Lipinski definition) is 5. The van der Waals surface area contributed by atoms with Gasteiger partial charge in [0.1, 0.15) is 29.0 Å². The van der Waals surface area contributed by atoms with Crippen molar-refractivity contribution in [3.63, 3.8) is 0 Å². The molecule has 186 valence electrons. The summed E-state index contributed by atoms with van der Waals surface area (Å²) in [5.74, 6) is -0.481. The lowest BCUT2D eigenvalue weighted by molar-refractivity contribution is 0.255. The number of benzene rings is 2. The number of anilines is 3. The van der Waals surface area contributed by atoms with Crippen LogP contribution in [-0.4, -0.2) is 20.8 Å². The Hall–Kier alpha value is -4.18. The number of nitrogens with two attached hydrogens (primary N) is 2. The molecular weight excluding hydrogens is 490 g/mol. The molecule has 4 N–H and O–H groups in total. The summed E-state index contributed by atoms with van der Waals surface area (Å²) in [5, 5.41) is 4.45. The molecule has 2 heterocycles. The van der Waals surface area contributed by atoms with Gasteiger partial charge in [-0.05, 0) is 36.4 Å². The minimum atomic E-state index is -0.959. The van der Waals surface area contributed by atoms with Gasteiger partial charge in [-0.2, -0.15) is 5.10 Å². The van der Waals surface area contributed by atoms with Crippen molar-refractivity contribution in [2.45, 2.75) is 26.2 Å². The SMILES string of the molecule is CC(C)(C)c1cc(N(C(N)=O)c2ccc(Oc3ccnc(N)c3)cc2F)n(-c2ccc(F)c(Cl)c2)n1. The van der Waals surface area contributed by atoms with Gasteiger partial charge in [0, 0.05) is 29.8 Å². The number of rotatable bonds is 5. The van der Waals surface area contributed by atoms with Gasteiger partial charge in [0.2, 0.25) is 0 Å². The molecule has 4 aromatic rings. The molecule has 0 fully saturated rings. The van der Waals surface area contributed by atoms with Crippen molar-refractivity contribution in [1.82, 2.24) is 14.8 Å². The van der Waals surface area contributed by atoms with Crippen LogP contribution in [0, 0.1) is 11.6 Å². The van der Waals surface area contributed by atoms with Gasteiger partial charge in [0.15, 0.2) is 5.82 Å². The summed E-state index contributed by atoms with van der Waals surface area (Å²) in [5.41, 5.74) is 11.7. The van der Waals surface area contributed by atoms with Crippen molar-refractivity contribution in [2.24, 2.45) is 5.73 Å². The maximum Gasteiger partial charge on any atom is 0.325 e. The number of aromatic nitrogens is 3. The summed E-state index contributed by atoms with van der Waals surface area (Å²) in [4.78, 5) is 17.5. The molecule has 8 nitrogen and oxygen atoms in total. The molecule has 0 atom stereocenters. The molecule has 2 aromatic heterocycles. The number of pyridine rings is 1. The van der Waals surface area contributed by atoms with Crippen LogP contribution in [-0.2, 0) is 5.41 Å². The molecule has 0 saturated carbocycles. The lowest BCUT2D eigenvalue weighted by Gasteiger charge is -2.22. The monoisotopic (exact) mass is 512 g/mol. The van der Waals surface area contributed by atoms with E-state index in [-0.39, 0.29) is 28.1 Å². The standard InChI is InChI=1S/C25H23ClF2N6O2/c1-25(2,3)21-13-23(34(32-21)14-4-6-18(27)17(26)10-14)33(24(30)35)20-7-5-15(11-19(20)28)36-16-8-9-31-22(29)12-16/h4-13H,1-3H3,(H2,29,31)(H2,30,35). The average Bonchev–Trinajstić information content (AvgIpc) is 3.23. The van der Waals surface area contributed by atoms with Crippen LogP contribution in [0.3, 0.4) is 0 Å². The molecular formula is C25H23ClF2N6O2. The third-order valence-electron chi connectivity index (χ3n) is 5.20. The van der Waals surface area contributed by atoms with Gasteiger partial charge < -0.3 is 16.2 Å². The van der Waals surface area contributed by atoms with Gasteiger partial charge in [-0.25, -0.2) is 28.1 Å². The normalized spacial score (nSPS) is 11.4. The van der Waals surface area contributed by atoms with E-state index in [2.05, 4.69) is 10.1 Å². The number of ether oxygens (including phenoxy) is 1. The van der Waals surface area contributed by atoms with Crippen LogP contribution < -0.4 is 21.1 Å². The van der Waals surface area contributed by atoms with Crippen molar-refractivity contribution in [3.05, 3.63) is 83.1 Å². The largest absolute Gasteiger partial charge is 0.457 e. The number of urea groups is 1. The van der Waals surface area contributed by atoms with Gasteiger partial charge in [-0.3, -0.25) is 0 Å². The molecule has 0 aliphatic carbocycles. The number of primary amides is 1. The molecule has 2 amide bonds. The number of nitrogens with zero attached hydrogens (tertiary/aromatic N) is 4. The van der Waals surface area contributed by atoms with E-state index in [4.69, 9.17) is 27.8 Å². The highest BCUT2D eigenvalue weighted by molar-refractivity contribution is 6.30. The van der Waals surface area contributed by atoms with Crippen LogP contribution in [0.15, 0.2) is 60.8 Å². The lowest BCUT2D eigenvalue weighted by atomic mass is 9.92. The minimum absolute atomic E-state index is 0.138. The van der Waals surface area contributed by atoms with E-state index >= 15 is 4.39 Å². The molecule has 0 saturated heterocycles. The Bertz CT molecular complexity index is 1450. The number of amides is 2. The highest BCUT2D eigenvalue weighted by atomic mass is 35.5. The van der Waals surface area contributed by atoms with Crippen LogP contribution in [0.5, 0.6) is 11.5 Å². The zero-order valence-electron chi connectivity index (χ0n) is 19.7. The number of halogens is 3. The van der Waals surface area contributed by atoms with Gasteiger partial charge in [0.25, 0.3) is 0 Å². The lowest BCUT2D eigenvalue weighted by Crippen LogP contribution is -2.33. The molecule has 4 rings (SSSR count). The quantitative estimate of drug-likeness (QED) is 0.336. The first-order chi connectivity index (χ1) is 16.9. The van der Waals surface area contributed by atoms with E-state index in [0.29, 0.717) is 17.1 Å². The van der Waals surface area contributed by atoms with Gasteiger partial charge in [-0.1, -0.05) is 32.4 Å². The van der Waals surface area contributed by atoms with Crippen molar-refractivity contribution >= 4 is 35.0 Å². The van der Waals surface area contributed by atoms with Crippen LogP contribution in [0.1, 0.15) is 26.5 Å². The number of carbonyl (C=O) groups is 1. The first-order valence-electron chi connectivity index (χ1n) is 10.8. The second kappa shape index (κ2) is 9.46. The summed E-state index contributed by atoms with van der Waals surface area (Å²) < 4.78 is 36.2. The molecule has 0 bridgehead atoms. The number of hydrogen-bond donors (Lipinski definition) is 2. The fourth-order valence-corrected chi connectivity index (χ4v) is 3.59. The Morgan fingerprint density at radius 3 is 2.36 bits per heavy atom. The molecule has 36 heavy (non-hydrogen) atoms. The third kappa shape index (κ3) is 5.08. The first kappa shape index (κ1) is 24.9. The molecule has 0 unspecified atom stereocenters. The molecule has 0 aliphatic rings. The smallest absolute Gasteiger partial charge is 0.325 e. The van der Waals surface area contributed by atoms with Gasteiger partial charge in [0.05, 0.1) is 22.1 Å². The summed E-state index contributed by atoms with van der Waals surface area (Å²) in [6, 6.07) is 11.6. The van der Waals surface area contributed by atoms with Gasteiger partial charge in [-0.15, -0.1) is 0 Å². The highest BCUT2D eigenvalue weighted by Gasteiger charge is 2.28. The zero-order valence-corrected chi connectivity index (χ0v) is 20.4. The summed E-state index contributed by atoms with van der Waals surface area (Å²) in [7, 11) is 0. The third-order valence-corrected chi connectivity index (χ3v) is 5.49. The van der Waals surface area contributed by atoms with E-state index in [0.717, 1.165) is 11.0 Å². The maximum absolute atomic E-state index is 15.4.